The summed E-state index contributed by atoms with van der Waals surface area (Å²) in [7, 11) is 1.47. The average molecular weight is 441 g/mol. The van der Waals surface area contributed by atoms with Gasteiger partial charge in [-0.05, 0) is 12.5 Å². The number of H-pyrrole nitrogens is 1. The zero-order valence-corrected chi connectivity index (χ0v) is 16.5. The molecule has 0 radical (unpaired) electrons. The minimum atomic E-state index is -4.88. The number of ether oxygens (including phenoxy) is 1. The maximum atomic E-state index is 13.3. The van der Waals surface area contributed by atoms with Crippen LogP contribution in [-0.4, -0.2) is 24.0 Å². The molecule has 0 saturated carbocycles. The van der Waals surface area contributed by atoms with E-state index in [1.165, 1.54) is 16.2 Å². The minimum absolute atomic E-state index is 0.0778. The number of nitro benzene ring substituents is 1. The largest absolute Gasteiger partial charge is 0.485 e. The molecule has 0 bridgehead atoms. The topological polar surface area (TPSA) is 125 Å². The monoisotopic (exact) mass is 441 g/mol. The molecule has 10 nitrogen and oxygen atoms in total. The third-order valence-electron chi connectivity index (χ3n) is 4.68. The van der Waals surface area contributed by atoms with Gasteiger partial charge in [0.2, 0.25) is 0 Å². The molecule has 1 aromatic carbocycles. The summed E-state index contributed by atoms with van der Waals surface area (Å²) in [5.74, 6) is -0.523. The summed E-state index contributed by atoms with van der Waals surface area (Å²) >= 11 is 0. The first-order valence-corrected chi connectivity index (χ1v) is 9.21. The van der Waals surface area contributed by atoms with Gasteiger partial charge >= 0.3 is 11.9 Å². The second kappa shape index (κ2) is 8.24. The van der Waals surface area contributed by atoms with Crippen LogP contribution in [0, 0.1) is 10.1 Å². The number of rotatable bonds is 7. The fraction of sp³-hybridized carbons (Fsp3) is 0.389. The van der Waals surface area contributed by atoms with Crippen LogP contribution in [0.1, 0.15) is 31.2 Å². The van der Waals surface area contributed by atoms with Gasteiger partial charge in [0.1, 0.15) is 23.7 Å². The molecule has 0 amide bonds. The highest BCUT2D eigenvalue weighted by Crippen LogP contribution is 2.38. The van der Waals surface area contributed by atoms with Crippen LogP contribution in [0.25, 0.3) is 11.2 Å². The van der Waals surface area contributed by atoms with Gasteiger partial charge in [-0.1, -0.05) is 13.3 Å². The number of unbranched alkanes of at least 4 members (excludes halogenated alkanes) is 1. The van der Waals surface area contributed by atoms with Gasteiger partial charge in [-0.15, -0.1) is 0 Å². The molecule has 0 aliphatic rings. The number of hydrogen-bond acceptors (Lipinski definition) is 6. The van der Waals surface area contributed by atoms with Gasteiger partial charge in [-0.2, -0.15) is 13.2 Å². The van der Waals surface area contributed by atoms with Crippen molar-refractivity contribution in [1.29, 1.82) is 0 Å². The predicted octanol–water partition coefficient (Wildman–Crippen LogP) is 2.73. The number of aromatic amines is 1. The van der Waals surface area contributed by atoms with Crippen molar-refractivity contribution in [2.45, 2.75) is 39.1 Å². The van der Waals surface area contributed by atoms with E-state index in [-0.39, 0.29) is 17.0 Å². The van der Waals surface area contributed by atoms with E-state index in [0.29, 0.717) is 19.0 Å². The second-order valence-electron chi connectivity index (χ2n) is 6.75. The average Bonchev–Trinajstić information content (AvgIpc) is 3.02. The number of fused-ring (bicyclic) bond motifs is 1. The van der Waals surface area contributed by atoms with Crippen LogP contribution < -0.4 is 16.0 Å². The molecule has 0 fully saturated rings. The van der Waals surface area contributed by atoms with E-state index in [1.807, 2.05) is 6.92 Å². The third kappa shape index (κ3) is 4.29. The maximum absolute atomic E-state index is 13.3. The van der Waals surface area contributed by atoms with Crippen LogP contribution in [0.2, 0.25) is 0 Å². The van der Waals surface area contributed by atoms with Crippen molar-refractivity contribution >= 4 is 16.9 Å². The summed E-state index contributed by atoms with van der Waals surface area (Å²) in [6, 6.07) is 2.14. The zero-order chi connectivity index (χ0) is 22.9. The summed E-state index contributed by atoms with van der Waals surface area (Å²) < 4.78 is 47.9. The summed E-state index contributed by atoms with van der Waals surface area (Å²) in [6.45, 7) is 1.77. The van der Waals surface area contributed by atoms with Gasteiger partial charge in [0.25, 0.3) is 11.2 Å². The van der Waals surface area contributed by atoms with Crippen molar-refractivity contribution in [2.75, 3.05) is 0 Å². The van der Waals surface area contributed by atoms with Crippen molar-refractivity contribution in [3.05, 3.63) is 60.5 Å². The molecule has 0 spiro atoms. The number of non-ortho nitro benzene ring substituents is 1. The lowest BCUT2D eigenvalue weighted by atomic mass is 10.1. The molecule has 2 aromatic heterocycles. The Morgan fingerprint density at radius 1 is 1.29 bits per heavy atom. The van der Waals surface area contributed by atoms with Crippen LogP contribution in [0.15, 0.2) is 27.8 Å². The first-order chi connectivity index (χ1) is 14.5. The van der Waals surface area contributed by atoms with E-state index in [4.69, 9.17) is 4.74 Å². The number of halogens is 3. The van der Waals surface area contributed by atoms with Crippen LogP contribution in [0.4, 0.5) is 18.9 Å². The Morgan fingerprint density at radius 3 is 2.61 bits per heavy atom. The van der Waals surface area contributed by atoms with E-state index in [0.717, 1.165) is 18.6 Å². The lowest BCUT2D eigenvalue weighted by Gasteiger charge is -2.13. The quantitative estimate of drug-likeness (QED) is 0.444. The second-order valence-corrected chi connectivity index (χ2v) is 6.75. The van der Waals surface area contributed by atoms with Gasteiger partial charge in [0.15, 0.2) is 11.2 Å². The SMILES string of the molecule is CCCCn1c(=O)[nH]c(=O)c2c1nc(COc1ccc([N+](=O)[O-])cc1C(F)(F)F)n2C. The van der Waals surface area contributed by atoms with E-state index >= 15 is 0 Å². The first kappa shape index (κ1) is 22.1. The Labute approximate surface area is 172 Å². The number of aromatic nitrogens is 4. The van der Waals surface area contributed by atoms with Crippen molar-refractivity contribution in [3.8, 4) is 5.75 Å². The molecule has 3 aromatic rings. The third-order valence-corrected chi connectivity index (χ3v) is 4.68. The fourth-order valence-corrected chi connectivity index (χ4v) is 3.07. The van der Waals surface area contributed by atoms with Gasteiger partial charge in [0, 0.05) is 25.7 Å². The molecule has 1 N–H and O–H groups in total. The Balaban J connectivity index is 2.01. The minimum Gasteiger partial charge on any atom is -0.485 e. The van der Waals surface area contributed by atoms with Crippen LogP contribution in [-0.2, 0) is 26.4 Å². The summed E-state index contributed by atoms with van der Waals surface area (Å²) in [6.07, 6.45) is -3.44. The molecular weight excluding hydrogens is 423 g/mol. The summed E-state index contributed by atoms with van der Waals surface area (Å²) in [5, 5.41) is 10.8. The molecule has 0 aliphatic heterocycles. The smallest absolute Gasteiger partial charge is 0.420 e. The molecule has 0 aliphatic carbocycles. The molecule has 166 valence electrons. The fourth-order valence-electron chi connectivity index (χ4n) is 3.07. The lowest BCUT2D eigenvalue weighted by molar-refractivity contribution is -0.385. The predicted molar refractivity (Wildman–Crippen MR) is 103 cm³/mol. The Kier molecular flexibility index (Phi) is 5.86. The highest BCUT2D eigenvalue weighted by atomic mass is 19.4. The van der Waals surface area contributed by atoms with E-state index in [1.54, 1.807) is 0 Å². The number of alkyl halides is 3. The molecule has 2 heterocycles. The molecule has 0 atom stereocenters. The Bertz CT molecular complexity index is 1260. The molecular formula is C18H18F3N5O5. The standard InChI is InChI=1S/C18H18F3N5O5/c1-3-4-7-25-15-14(16(27)23-17(25)28)24(2)13(22-15)9-31-12-6-5-10(26(29)30)8-11(12)18(19,20)21/h5-6,8H,3-4,7,9H2,1-2H3,(H,23,27,28). The van der Waals surface area contributed by atoms with E-state index in [9.17, 15) is 32.9 Å². The number of nitrogens with one attached hydrogen (secondary N) is 1. The van der Waals surface area contributed by atoms with E-state index in [2.05, 4.69) is 9.97 Å². The van der Waals surface area contributed by atoms with Gasteiger partial charge in [-0.3, -0.25) is 24.5 Å². The molecule has 0 saturated heterocycles. The summed E-state index contributed by atoms with van der Waals surface area (Å²) in [4.78, 5) is 40.7. The Morgan fingerprint density at radius 2 is 2.00 bits per heavy atom. The number of aryl methyl sites for hydroxylation is 2. The highest BCUT2D eigenvalue weighted by Gasteiger charge is 2.36. The first-order valence-electron chi connectivity index (χ1n) is 9.21. The van der Waals surface area contributed by atoms with Crippen LogP contribution in [0.5, 0.6) is 5.75 Å². The lowest BCUT2D eigenvalue weighted by Crippen LogP contribution is -2.31. The van der Waals surface area contributed by atoms with Crippen molar-refractivity contribution in [1.82, 2.24) is 19.1 Å². The van der Waals surface area contributed by atoms with Crippen molar-refractivity contribution < 1.29 is 22.8 Å². The number of nitrogens with zero attached hydrogens (tertiary/aromatic N) is 4. The van der Waals surface area contributed by atoms with Crippen molar-refractivity contribution in [3.63, 3.8) is 0 Å². The number of imidazole rings is 1. The molecule has 13 heteroatoms. The van der Waals surface area contributed by atoms with E-state index < -0.39 is 46.0 Å². The van der Waals surface area contributed by atoms with Gasteiger partial charge < -0.3 is 9.30 Å². The Hall–Kier alpha value is -3.64. The van der Waals surface area contributed by atoms with Crippen LogP contribution >= 0.6 is 0 Å². The maximum Gasteiger partial charge on any atom is 0.420 e. The molecule has 31 heavy (non-hydrogen) atoms. The normalized spacial score (nSPS) is 11.8. The number of benzene rings is 1. The molecule has 3 rings (SSSR count). The van der Waals surface area contributed by atoms with Crippen molar-refractivity contribution in [2.24, 2.45) is 7.05 Å². The molecule has 0 unspecified atom stereocenters. The highest BCUT2D eigenvalue weighted by molar-refractivity contribution is 5.70. The number of hydrogen-bond donors (Lipinski definition) is 1. The van der Waals surface area contributed by atoms with Gasteiger partial charge in [-0.25, -0.2) is 9.78 Å². The number of nitro groups is 1. The zero-order valence-electron chi connectivity index (χ0n) is 16.5. The van der Waals surface area contributed by atoms with Gasteiger partial charge in [0.05, 0.1) is 4.92 Å². The summed E-state index contributed by atoms with van der Waals surface area (Å²) in [5.41, 5.74) is -3.17. The van der Waals surface area contributed by atoms with Crippen LogP contribution in [0.3, 0.4) is 0 Å².